The summed E-state index contributed by atoms with van der Waals surface area (Å²) >= 11 is 0. The van der Waals surface area contributed by atoms with Crippen molar-refractivity contribution in [1.82, 2.24) is 19.9 Å². The Morgan fingerprint density at radius 3 is 1.60 bits per heavy atom. The summed E-state index contributed by atoms with van der Waals surface area (Å²) in [5, 5.41) is 0.959. The molecular weight excluding hydrogens is 528 g/mol. The van der Waals surface area contributed by atoms with Crippen LogP contribution in [-0.4, -0.2) is 19.9 Å². The van der Waals surface area contributed by atoms with Gasteiger partial charge in [-0.3, -0.25) is 0 Å². The first kappa shape index (κ1) is 24.8. The first-order valence-electron chi connectivity index (χ1n) is 14.2. The number of fused-ring (bicyclic) bond motifs is 3. The van der Waals surface area contributed by atoms with E-state index in [1.807, 2.05) is 115 Å². The quantitative estimate of drug-likeness (QED) is 0.213. The first-order valence-corrected chi connectivity index (χ1v) is 14.2. The Labute approximate surface area is 248 Å². The maximum atomic E-state index is 6.37. The maximum absolute atomic E-state index is 6.37. The highest BCUT2D eigenvalue weighted by Gasteiger charge is 2.19. The Balaban J connectivity index is 1.33. The number of benzene rings is 5. The van der Waals surface area contributed by atoms with Crippen molar-refractivity contribution in [2.75, 3.05) is 0 Å². The van der Waals surface area contributed by atoms with Crippen molar-refractivity contribution >= 4 is 22.1 Å². The predicted molar refractivity (Wildman–Crippen MR) is 172 cm³/mol. The van der Waals surface area contributed by atoms with Crippen molar-refractivity contribution in [3.8, 4) is 56.5 Å². The summed E-state index contributed by atoms with van der Waals surface area (Å²) in [7, 11) is 0. The van der Waals surface area contributed by atoms with Crippen molar-refractivity contribution in [2.24, 2.45) is 0 Å². The standard InChI is InChI=1S/C38H24N4O/c1-4-13-25(14-5-1)31-24-32(26-15-6-2-7-16-26)40-38(39-31)29-20-12-19-28(23-29)34-36-35(30-21-10-11-22-33(30)43-36)42-37(41-34)27-17-8-3-9-18-27/h1-24H. The molecular formula is C38H24N4O. The summed E-state index contributed by atoms with van der Waals surface area (Å²) in [4.78, 5) is 20.1. The average Bonchev–Trinajstić information content (AvgIpc) is 3.48. The number of rotatable bonds is 5. The number of hydrogen-bond donors (Lipinski definition) is 0. The molecule has 0 saturated carbocycles. The largest absolute Gasteiger partial charge is 0.452 e. The predicted octanol–water partition coefficient (Wildman–Crippen LogP) is 9.50. The molecule has 0 aliphatic heterocycles. The zero-order chi connectivity index (χ0) is 28.6. The van der Waals surface area contributed by atoms with E-state index in [-0.39, 0.29) is 0 Å². The maximum Gasteiger partial charge on any atom is 0.180 e. The van der Waals surface area contributed by atoms with Gasteiger partial charge in [-0.25, -0.2) is 19.9 Å². The highest BCUT2D eigenvalue weighted by molar-refractivity contribution is 6.07. The molecule has 5 heteroatoms. The van der Waals surface area contributed by atoms with Gasteiger partial charge in [-0.2, -0.15) is 0 Å². The normalized spacial score (nSPS) is 11.3. The smallest absolute Gasteiger partial charge is 0.180 e. The lowest BCUT2D eigenvalue weighted by atomic mass is 10.0. The summed E-state index contributed by atoms with van der Waals surface area (Å²) in [5.74, 6) is 1.29. The highest BCUT2D eigenvalue weighted by Crippen LogP contribution is 2.37. The Bertz CT molecular complexity index is 2170. The van der Waals surface area contributed by atoms with Gasteiger partial charge in [0.2, 0.25) is 0 Å². The fourth-order valence-electron chi connectivity index (χ4n) is 5.40. The highest BCUT2D eigenvalue weighted by atomic mass is 16.3. The van der Waals surface area contributed by atoms with Crippen molar-refractivity contribution in [1.29, 1.82) is 0 Å². The molecule has 0 saturated heterocycles. The van der Waals surface area contributed by atoms with E-state index in [1.165, 1.54) is 0 Å². The zero-order valence-electron chi connectivity index (χ0n) is 23.1. The lowest BCUT2D eigenvalue weighted by Gasteiger charge is -2.11. The van der Waals surface area contributed by atoms with E-state index in [4.69, 9.17) is 24.4 Å². The molecule has 8 aromatic rings. The second kappa shape index (κ2) is 10.5. The second-order valence-electron chi connectivity index (χ2n) is 10.3. The number of nitrogens with zero attached hydrogens (tertiary/aromatic N) is 4. The molecule has 0 N–H and O–H groups in total. The third-order valence-electron chi connectivity index (χ3n) is 7.51. The second-order valence-corrected chi connectivity index (χ2v) is 10.3. The van der Waals surface area contributed by atoms with E-state index in [0.717, 1.165) is 61.4 Å². The molecule has 0 fully saturated rings. The molecule has 202 valence electrons. The van der Waals surface area contributed by atoms with Gasteiger partial charge in [0.1, 0.15) is 16.8 Å². The van der Waals surface area contributed by atoms with Crippen LogP contribution in [0.3, 0.4) is 0 Å². The molecule has 0 atom stereocenters. The van der Waals surface area contributed by atoms with Crippen LogP contribution in [0, 0.1) is 0 Å². The van der Waals surface area contributed by atoms with Crippen LogP contribution < -0.4 is 0 Å². The molecule has 0 unspecified atom stereocenters. The summed E-state index contributed by atoms with van der Waals surface area (Å²) in [6, 6.07) is 48.7. The van der Waals surface area contributed by atoms with E-state index in [9.17, 15) is 0 Å². The third kappa shape index (κ3) is 4.63. The number of aromatic nitrogens is 4. The summed E-state index contributed by atoms with van der Waals surface area (Å²) in [5.41, 5.74) is 9.47. The molecule has 0 aliphatic rings. The molecule has 0 aliphatic carbocycles. The van der Waals surface area contributed by atoms with E-state index in [2.05, 4.69) is 30.3 Å². The third-order valence-corrected chi connectivity index (χ3v) is 7.51. The molecule has 43 heavy (non-hydrogen) atoms. The number of furan rings is 1. The fraction of sp³-hybridized carbons (Fsp3) is 0. The fourth-order valence-corrected chi connectivity index (χ4v) is 5.40. The van der Waals surface area contributed by atoms with E-state index in [1.54, 1.807) is 0 Å². The molecule has 0 radical (unpaired) electrons. The van der Waals surface area contributed by atoms with Crippen LogP contribution >= 0.6 is 0 Å². The van der Waals surface area contributed by atoms with Gasteiger partial charge in [-0.05, 0) is 24.3 Å². The van der Waals surface area contributed by atoms with E-state index < -0.39 is 0 Å². The van der Waals surface area contributed by atoms with Gasteiger partial charge in [-0.15, -0.1) is 0 Å². The molecule has 3 heterocycles. The average molecular weight is 553 g/mol. The zero-order valence-corrected chi connectivity index (χ0v) is 23.1. The monoisotopic (exact) mass is 552 g/mol. The van der Waals surface area contributed by atoms with E-state index >= 15 is 0 Å². The Kier molecular flexibility index (Phi) is 6.05. The summed E-state index contributed by atoms with van der Waals surface area (Å²) < 4.78 is 6.37. The summed E-state index contributed by atoms with van der Waals surface area (Å²) in [6.45, 7) is 0. The molecule has 0 spiro atoms. The van der Waals surface area contributed by atoms with Crippen LogP contribution in [0.25, 0.3) is 78.6 Å². The van der Waals surface area contributed by atoms with Gasteiger partial charge >= 0.3 is 0 Å². The van der Waals surface area contributed by atoms with Crippen molar-refractivity contribution in [3.05, 3.63) is 146 Å². The van der Waals surface area contributed by atoms with Gasteiger partial charge in [0.15, 0.2) is 17.2 Å². The number of para-hydroxylation sites is 1. The minimum absolute atomic E-state index is 0.639. The summed E-state index contributed by atoms with van der Waals surface area (Å²) in [6.07, 6.45) is 0. The number of hydrogen-bond acceptors (Lipinski definition) is 5. The topological polar surface area (TPSA) is 64.7 Å². The SMILES string of the molecule is c1ccc(-c2cc(-c3ccccc3)nc(-c3cccc(-c4nc(-c5ccccc5)nc5c4oc4ccccc45)c3)n2)cc1. The molecule has 0 bridgehead atoms. The van der Waals surface area contributed by atoms with Gasteiger partial charge in [-0.1, -0.05) is 121 Å². The lowest BCUT2D eigenvalue weighted by molar-refractivity contribution is 0.667. The molecule has 0 amide bonds. The molecule has 5 nitrogen and oxygen atoms in total. The van der Waals surface area contributed by atoms with Crippen LogP contribution in [0.5, 0.6) is 0 Å². The van der Waals surface area contributed by atoms with Gasteiger partial charge < -0.3 is 4.42 Å². The minimum atomic E-state index is 0.639. The van der Waals surface area contributed by atoms with Crippen LogP contribution in [-0.2, 0) is 0 Å². The Morgan fingerprint density at radius 1 is 0.395 bits per heavy atom. The van der Waals surface area contributed by atoms with Crippen LogP contribution in [0.2, 0.25) is 0 Å². The molecule has 5 aromatic carbocycles. The Hall–Kier alpha value is -5.94. The van der Waals surface area contributed by atoms with Crippen LogP contribution in [0.4, 0.5) is 0 Å². The Morgan fingerprint density at radius 2 is 0.930 bits per heavy atom. The van der Waals surface area contributed by atoms with Crippen LogP contribution in [0.15, 0.2) is 150 Å². The van der Waals surface area contributed by atoms with Gasteiger partial charge in [0.05, 0.1) is 11.4 Å². The van der Waals surface area contributed by atoms with Gasteiger partial charge in [0, 0.05) is 33.2 Å². The van der Waals surface area contributed by atoms with Crippen molar-refractivity contribution in [3.63, 3.8) is 0 Å². The minimum Gasteiger partial charge on any atom is -0.452 e. The lowest BCUT2D eigenvalue weighted by Crippen LogP contribution is -1.97. The first-order chi connectivity index (χ1) is 21.3. The van der Waals surface area contributed by atoms with Crippen molar-refractivity contribution < 1.29 is 4.42 Å². The molecule has 3 aromatic heterocycles. The van der Waals surface area contributed by atoms with E-state index in [0.29, 0.717) is 17.2 Å². The molecule has 8 rings (SSSR count). The van der Waals surface area contributed by atoms with Crippen LogP contribution in [0.1, 0.15) is 0 Å². The van der Waals surface area contributed by atoms with Gasteiger partial charge in [0.25, 0.3) is 0 Å². The van der Waals surface area contributed by atoms with Crippen molar-refractivity contribution in [2.45, 2.75) is 0 Å².